The van der Waals surface area contributed by atoms with Crippen LogP contribution in [0.2, 0.25) is 0 Å². The van der Waals surface area contributed by atoms with Crippen molar-refractivity contribution in [3.05, 3.63) is 69.3 Å². The number of aryl methyl sites for hydroxylation is 1. The van der Waals surface area contributed by atoms with E-state index in [0.717, 1.165) is 85.5 Å². The van der Waals surface area contributed by atoms with E-state index in [1.807, 2.05) is 13.0 Å². The number of hydrogen-bond donors (Lipinski definition) is 2. The van der Waals surface area contributed by atoms with E-state index in [0.29, 0.717) is 0 Å². The Balaban J connectivity index is 1.30. The Morgan fingerprint density at radius 1 is 1.07 bits per heavy atom. The first-order chi connectivity index (χ1) is 14.6. The first-order valence-electron chi connectivity index (χ1n) is 10.7. The van der Waals surface area contributed by atoms with Crippen LogP contribution in [-0.4, -0.2) is 42.6 Å². The molecule has 2 aliphatic rings. The second-order valence-corrected chi connectivity index (χ2v) is 8.41. The number of piperazine rings is 1. The van der Waals surface area contributed by atoms with Crippen molar-refractivity contribution in [1.29, 1.82) is 0 Å². The fourth-order valence-corrected chi connectivity index (χ4v) is 4.78. The maximum atomic E-state index is 13.4. The Kier molecular flexibility index (Phi) is 4.95. The molecule has 5 rings (SSSR count). The lowest BCUT2D eigenvalue weighted by Gasteiger charge is -2.36. The van der Waals surface area contributed by atoms with Crippen molar-refractivity contribution >= 4 is 22.3 Å². The highest BCUT2D eigenvalue weighted by atomic mass is 19.1. The number of hydrogen-bond acceptors (Lipinski definition) is 4. The van der Waals surface area contributed by atoms with Crippen LogP contribution in [0.3, 0.4) is 0 Å². The number of halogens is 1. The average molecular weight is 407 g/mol. The van der Waals surface area contributed by atoms with Crippen molar-refractivity contribution in [2.75, 3.05) is 42.9 Å². The Morgan fingerprint density at radius 3 is 2.70 bits per heavy atom. The van der Waals surface area contributed by atoms with Crippen molar-refractivity contribution in [2.45, 2.75) is 26.3 Å². The Bertz CT molecular complexity index is 1150. The zero-order chi connectivity index (χ0) is 20.7. The molecular weight excluding hydrogens is 379 g/mol. The zero-order valence-electron chi connectivity index (χ0n) is 17.3. The van der Waals surface area contributed by atoms with Gasteiger partial charge in [-0.25, -0.2) is 4.39 Å². The minimum Gasteiger partial charge on any atom is -0.384 e. The molecule has 6 heteroatoms. The highest BCUT2D eigenvalue weighted by Crippen LogP contribution is 2.28. The van der Waals surface area contributed by atoms with Crippen LogP contribution in [0.4, 0.5) is 15.8 Å². The second kappa shape index (κ2) is 7.76. The number of fused-ring (bicyclic) bond motifs is 3. The number of benzene rings is 2. The molecule has 1 aromatic heterocycles. The fourth-order valence-electron chi connectivity index (χ4n) is 4.78. The Labute approximate surface area is 175 Å². The summed E-state index contributed by atoms with van der Waals surface area (Å²) < 4.78 is 13.4. The van der Waals surface area contributed by atoms with Crippen molar-refractivity contribution in [1.82, 2.24) is 9.88 Å². The predicted octanol–water partition coefficient (Wildman–Crippen LogP) is 3.66. The summed E-state index contributed by atoms with van der Waals surface area (Å²) in [6, 6.07) is 11.4. The summed E-state index contributed by atoms with van der Waals surface area (Å²) in [5.74, 6) is -0.180. The molecule has 0 radical (unpaired) electrons. The number of nitrogens with zero attached hydrogens (tertiary/aromatic N) is 2. The molecule has 1 fully saturated rings. The number of pyridine rings is 1. The summed E-state index contributed by atoms with van der Waals surface area (Å²) in [7, 11) is 0. The number of aromatic nitrogens is 1. The minimum atomic E-state index is -0.180. The van der Waals surface area contributed by atoms with Crippen LogP contribution in [0.15, 0.2) is 41.2 Å². The zero-order valence-corrected chi connectivity index (χ0v) is 17.3. The van der Waals surface area contributed by atoms with Gasteiger partial charge in [0.2, 0.25) is 0 Å². The molecule has 0 atom stereocenters. The monoisotopic (exact) mass is 406 g/mol. The molecule has 0 spiro atoms. The predicted molar refractivity (Wildman–Crippen MR) is 120 cm³/mol. The van der Waals surface area contributed by atoms with Crippen LogP contribution >= 0.6 is 0 Å². The van der Waals surface area contributed by atoms with Crippen LogP contribution < -0.4 is 15.8 Å². The summed E-state index contributed by atoms with van der Waals surface area (Å²) in [5.41, 5.74) is 6.15. The standard InChI is InChI=1S/C24H27FN4O/c1-16-13-18(25)5-7-22(16)29-11-9-28(10-12-29)15-17-4-6-19-21(14-17)27-24(30)20-3-2-8-26-23(19)20/h4-7,13-14,26H,2-3,8-12,15H2,1H3,(H,27,30). The van der Waals surface area contributed by atoms with Crippen LogP contribution in [0.25, 0.3) is 10.9 Å². The van der Waals surface area contributed by atoms with Gasteiger partial charge in [-0.3, -0.25) is 9.69 Å². The van der Waals surface area contributed by atoms with E-state index in [-0.39, 0.29) is 11.4 Å². The van der Waals surface area contributed by atoms with Gasteiger partial charge in [-0.1, -0.05) is 12.1 Å². The normalized spacial score (nSPS) is 17.1. The lowest BCUT2D eigenvalue weighted by atomic mass is 10.0. The van der Waals surface area contributed by atoms with Crippen molar-refractivity contribution in [2.24, 2.45) is 0 Å². The third-order valence-corrected chi connectivity index (χ3v) is 6.36. The largest absolute Gasteiger partial charge is 0.384 e. The Hall–Kier alpha value is -2.86. The van der Waals surface area contributed by atoms with Crippen LogP contribution in [0, 0.1) is 12.7 Å². The number of nitrogens with one attached hydrogen (secondary N) is 2. The second-order valence-electron chi connectivity index (χ2n) is 8.41. The summed E-state index contributed by atoms with van der Waals surface area (Å²) >= 11 is 0. The maximum Gasteiger partial charge on any atom is 0.253 e. The maximum absolute atomic E-state index is 13.4. The number of aromatic amines is 1. The molecule has 2 aromatic carbocycles. The molecular formula is C24H27FN4O. The van der Waals surface area contributed by atoms with Gasteiger partial charge in [0.1, 0.15) is 5.82 Å². The number of anilines is 2. The molecule has 0 bridgehead atoms. The third-order valence-electron chi connectivity index (χ3n) is 6.36. The topological polar surface area (TPSA) is 51.4 Å². The molecule has 3 heterocycles. The molecule has 0 unspecified atom stereocenters. The van der Waals surface area contributed by atoms with Crippen LogP contribution in [-0.2, 0) is 13.0 Å². The van der Waals surface area contributed by atoms with E-state index in [9.17, 15) is 9.18 Å². The smallest absolute Gasteiger partial charge is 0.253 e. The van der Waals surface area contributed by atoms with E-state index in [4.69, 9.17) is 0 Å². The minimum absolute atomic E-state index is 0.0325. The molecule has 30 heavy (non-hydrogen) atoms. The van der Waals surface area contributed by atoms with Crippen molar-refractivity contribution in [3.8, 4) is 0 Å². The van der Waals surface area contributed by atoms with E-state index >= 15 is 0 Å². The van der Waals surface area contributed by atoms with Gasteiger partial charge < -0.3 is 15.2 Å². The summed E-state index contributed by atoms with van der Waals surface area (Å²) in [6.07, 6.45) is 1.84. The van der Waals surface area contributed by atoms with Gasteiger partial charge >= 0.3 is 0 Å². The molecule has 3 aromatic rings. The van der Waals surface area contributed by atoms with E-state index < -0.39 is 0 Å². The SMILES string of the molecule is Cc1cc(F)ccc1N1CCN(Cc2ccc3c4c(c(=O)[nH]c3c2)CCCN4)CC1. The molecule has 0 aliphatic carbocycles. The van der Waals surface area contributed by atoms with E-state index in [1.165, 1.54) is 11.6 Å². The number of H-pyrrole nitrogens is 1. The van der Waals surface area contributed by atoms with Gasteiger partial charge in [0.15, 0.2) is 0 Å². The molecule has 0 amide bonds. The van der Waals surface area contributed by atoms with Gasteiger partial charge in [0.25, 0.3) is 5.56 Å². The Morgan fingerprint density at radius 2 is 1.90 bits per heavy atom. The van der Waals surface area contributed by atoms with Crippen molar-refractivity contribution < 1.29 is 4.39 Å². The fraction of sp³-hybridized carbons (Fsp3) is 0.375. The highest BCUT2D eigenvalue weighted by molar-refractivity contribution is 5.93. The van der Waals surface area contributed by atoms with Gasteiger partial charge in [0.05, 0.1) is 11.2 Å². The van der Waals surface area contributed by atoms with Gasteiger partial charge in [-0.2, -0.15) is 0 Å². The van der Waals surface area contributed by atoms with Crippen LogP contribution in [0.1, 0.15) is 23.1 Å². The lowest BCUT2D eigenvalue weighted by Crippen LogP contribution is -2.46. The summed E-state index contributed by atoms with van der Waals surface area (Å²) in [6.45, 7) is 7.51. The van der Waals surface area contributed by atoms with Crippen LogP contribution in [0.5, 0.6) is 0 Å². The molecule has 156 valence electrons. The highest BCUT2D eigenvalue weighted by Gasteiger charge is 2.20. The molecule has 5 nitrogen and oxygen atoms in total. The van der Waals surface area contributed by atoms with E-state index in [2.05, 4.69) is 38.3 Å². The lowest BCUT2D eigenvalue weighted by molar-refractivity contribution is 0.250. The quantitative estimate of drug-likeness (QED) is 0.697. The molecule has 1 saturated heterocycles. The van der Waals surface area contributed by atoms with Gasteiger partial charge in [-0.15, -0.1) is 0 Å². The molecule has 2 N–H and O–H groups in total. The van der Waals surface area contributed by atoms with E-state index in [1.54, 1.807) is 6.07 Å². The molecule has 2 aliphatic heterocycles. The average Bonchev–Trinajstić information content (AvgIpc) is 2.75. The summed E-state index contributed by atoms with van der Waals surface area (Å²) in [4.78, 5) is 20.3. The van der Waals surface area contributed by atoms with Crippen molar-refractivity contribution in [3.63, 3.8) is 0 Å². The van der Waals surface area contributed by atoms with Gasteiger partial charge in [-0.05, 0) is 55.2 Å². The first kappa shape index (κ1) is 19.1. The summed E-state index contributed by atoms with van der Waals surface area (Å²) in [5, 5.41) is 4.52. The third kappa shape index (κ3) is 3.56. The first-order valence-corrected chi connectivity index (χ1v) is 10.7. The van der Waals surface area contributed by atoms with Gasteiger partial charge in [0, 0.05) is 55.9 Å². The molecule has 0 saturated carbocycles. The number of rotatable bonds is 3.